The van der Waals surface area contributed by atoms with Crippen molar-refractivity contribution in [1.29, 1.82) is 0 Å². The van der Waals surface area contributed by atoms with Crippen molar-refractivity contribution in [2.45, 2.75) is 26.4 Å². The Labute approximate surface area is 153 Å². The number of carbonyl (C=O) groups is 2. The molecular weight excluding hydrogens is 330 g/mol. The van der Waals surface area contributed by atoms with E-state index in [1.807, 2.05) is 48.5 Å². The number of nitrogens with zero attached hydrogens (tertiary/aromatic N) is 1. The van der Waals surface area contributed by atoms with Gasteiger partial charge in [-0.15, -0.1) is 0 Å². The monoisotopic (exact) mass is 353 g/mol. The van der Waals surface area contributed by atoms with Crippen LogP contribution in [0.2, 0.25) is 0 Å². The Kier molecular flexibility index (Phi) is 5.89. The molecule has 1 amide bonds. The van der Waals surface area contributed by atoms with Crippen molar-refractivity contribution in [3.05, 3.63) is 65.2 Å². The van der Waals surface area contributed by atoms with Gasteiger partial charge in [-0.3, -0.25) is 9.59 Å². The average molecular weight is 353 g/mol. The standard InChI is InChI=1S/C21H23NO4/c1-2-25-20(23)11-13-22-12-10-17-14-18(8-9-19(17)21(22)24)26-15-16-6-4-3-5-7-16/h3-9,14H,2,10-13,15H2,1H3. The summed E-state index contributed by atoms with van der Waals surface area (Å²) in [6.45, 7) is 3.63. The molecule has 2 aromatic rings. The number of ether oxygens (including phenoxy) is 2. The molecule has 1 aliphatic rings. The highest BCUT2D eigenvalue weighted by Crippen LogP contribution is 2.24. The Bertz CT molecular complexity index is 773. The van der Waals surface area contributed by atoms with E-state index in [9.17, 15) is 9.59 Å². The van der Waals surface area contributed by atoms with Crippen LogP contribution in [0.15, 0.2) is 48.5 Å². The molecule has 5 heteroatoms. The van der Waals surface area contributed by atoms with Gasteiger partial charge in [0.15, 0.2) is 0 Å². The summed E-state index contributed by atoms with van der Waals surface area (Å²) in [5.74, 6) is 0.460. The van der Waals surface area contributed by atoms with Crippen molar-refractivity contribution >= 4 is 11.9 Å². The van der Waals surface area contributed by atoms with Crippen molar-refractivity contribution < 1.29 is 19.1 Å². The van der Waals surface area contributed by atoms with Gasteiger partial charge in [-0.1, -0.05) is 30.3 Å². The lowest BCUT2D eigenvalue weighted by molar-refractivity contribution is -0.143. The SMILES string of the molecule is CCOC(=O)CCN1CCc2cc(OCc3ccccc3)ccc2C1=O. The zero-order valence-corrected chi connectivity index (χ0v) is 14.9. The normalized spacial score (nSPS) is 13.3. The summed E-state index contributed by atoms with van der Waals surface area (Å²) >= 11 is 0. The van der Waals surface area contributed by atoms with Crippen molar-refractivity contribution in [3.63, 3.8) is 0 Å². The van der Waals surface area contributed by atoms with Crippen LogP contribution < -0.4 is 4.74 Å². The minimum atomic E-state index is -0.268. The summed E-state index contributed by atoms with van der Waals surface area (Å²) in [5, 5.41) is 0. The molecule has 0 saturated carbocycles. The molecule has 0 saturated heterocycles. The summed E-state index contributed by atoms with van der Waals surface area (Å²) in [5.41, 5.74) is 2.78. The number of fused-ring (bicyclic) bond motifs is 1. The maximum atomic E-state index is 12.6. The summed E-state index contributed by atoms with van der Waals surface area (Å²) in [6, 6.07) is 15.6. The summed E-state index contributed by atoms with van der Waals surface area (Å²) in [4.78, 5) is 25.8. The lowest BCUT2D eigenvalue weighted by Crippen LogP contribution is -2.39. The van der Waals surface area contributed by atoms with E-state index in [-0.39, 0.29) is 18.3 Å². The number of rotatable bonds is 7. The van der Waals surface area contributed by atoms with Crippen LogP contribution in [0.1, 0.15) is 34.8 Å². The van der Waals surface area contributed by atoms with Crippen LogP contribution in [0, 0.1) is 0 Å². The van der Waals surface area contributed by atoms with Crippen LogP contribution in [0.5, 0.6) is 5.75 Å². The molecule has 26 heavy (non-hydrogen) atoms. The van der Waals surface area contributed by atoms with Gasteiger partial charge >= 0.3 is 5.97 Å². The number of benzene rings is 2. The van der Waals surface area contributed by atoms with Gasteiger partial charge in [-0.2, -0.15) is 0 Å². The first kappa shape index (κ1) is 18.0. The fourth-order valence-electron chi connectivity index (χ4n) is 3.02. The third-order valence-corrected chi connectivity index (χ3v) is 4.38. The first-order valence-corrected chi connectivity index (χ1v) is 8.92. The Morgan fingerprint density at radius 1 is 1.15 bits per heavy atom. The number of carbonyl (C=O) groups excluding carboxylic acids is 2. The number of esters is 1. The largest absolute Gasteiger partial charge is 0.489 e. The molecule has 3 rings (SSSR count). The fraction of sp³-hybridized carbons (Fsp3) is 0.333. The molecule has 0 bridgehead atoms. The van der Waals surface area contributed by atoms with E-state index in [0.29, 0.717) is 31.9 Å². The van der Waals surface area contributed by atoms with Crippen LogP contribution in [0.25, 0.3) is 0 Å². The molecule has 0 unspecified atom stereocenters. The number of amides is 1. The van der Waals surface area contributed by atoms with Crippen molar-refractivity contribution in [1.82, 2.24) is 4.90 Å². The minimum Gasteiger partial charge on any atom is -0.489 e. The van der Waals surface area contributed by atoms with Crippen molar-refractivity contribution in [2.24, 2.45) is 0 Å². The van der Waals surface area contributed by atoms with Crippen LogP contribution >= 0.6 is 0 Å². The molecule has 1 aliphatic heterocycles. The third kappa shape index (κ3) is 4.42. The molecule has 0 atom stereocenters. The molecule has 1 heterocycles. The van der Waals surface area contributed by atoms with Crippen LogP contribution in [-0.2, 0) is 22.6 Å². The first-order chi connectivity index (χ1) is 12.7. The van der Waals surface area contributed by atoms with E-state index in [0.717, 1.165) is 23.3 Å². The lowest BCUT2D eigenvalue weighted by Gasteiger charge is -2.28. The molecule has 0 spiro atoms. The smallest absolute Gasteiger partial charge is 0.307 e. The molecule has 5 nitrogen and oxygen atoms in total. The molecule has 0 aliphatic carbocycles. The predicted molar refractivity (Wildman–Crippen MR) is 98.1 cm³/mol. The van der Waals surface area contributed by atoms with Gasteiger partial charge in [-0.25, -0.2) is 0 Å². The van der Waals surface area contributed by atoms with Gasteiger partial charge in [0, 0.05) is 18.7 Å². The Morgan fingerprint density at radius 3 is 2.73 bits per heavy atom. The van der Waals surface area contributed by atoms with Gasteiger partial charge in [-0.05, 0) is 42.7 Å². The van der Waals surface area contributed by atoms with Gasteiger partial charge in [0.05, 0.1) is 13.0 Å². The summed E-state index contributed by atoms with van der Waals surface area (Å²) in [7, 11) is 0. The second-order valence-corrected chi connectivity index (χ2v) is 6.19. The maximum Gasteiger partial charge on any atom is 0.307 e. The van der Waals surface area contributed by atoms with E-state index < -0.39 is 0 Å². The molecule has 2 aromatic carbocycles. The molecule has 0 N–H and O–H groups in total. The Morgan fingerprint density at radius 2 is 1.96 bits per heavy atom. The van der Waals surface area contributed by atoms with E-state index in [1.54, 1.807) is 11.8 Å². The van der Waals surface area contributed by atoms with Crippen LogP contribution in [-0.4, -0.2) is 36.5 Å². The third-order valence-electron chi connectivity index (χ3n) is 4.38. The van der Waals surface area contributed by atoms with E-state index >= 15 is 0 Å². The van der Waals surface area contributed by atoms with Crippen molar-refractivity contribution in [3.8, 4) is 5.75 Å². The Hall–Kier alpha value is -2.82. The summed E-state index contributed by atoms with van der Waals surface area (Å²) < 4.78 is 10.8. The molecule has 0 fully saturated rings. The highest BCUT2D eigenvalue weighted by molar-refractivity contribution is 5.97. The second kappa shape index (κ2) is 8.52. The zero-order valence-electron chi connectivity index (χ0n) is 14.9. The fourth-order valence-corrected chi connectivity index (χ4v) is 3.02. The van der Waals surface area contributed by atoms with E-state index in [1.165, 1.54) is 0 Å². The highest BCUT2D eigenvalue weighted by Gasteiger charge is 2.25. The average Bonchev–Trinajstić information content (AvgIpc) is 2.67. The summed E-state index contributed by atoms with van der Waals surface area (Å²) in [6.07, 6.45) is 0.986. The maximum absolute atomic E-state index is 12.6. The minimum absolute atomic E-state index is 0.0369. The molecule has 0 aromatic heterocycles. The van der Waals surface area contributed by atoms with Gasteiger partial charge < -0.3 is 14.4 Å². The first-order valence-electron chi connectivity index (χ1n) is 8.92. The molecule has 136 valence electrons. The molecule has 0 radical (unpaired) electrons. The van der Waals surface area contributed by atoms with Crippen LogP contribution in [0.3, 0.4) is 0 Å². The van der Waals surface area contributed by atoms with E-state index in [4.69, 9.17) is 9.47 Å². The van der Waals surface area contributed by atoms with Gasteiger partial charge in [0.25, 0.3) is 5.91 Å². The van der Waals surface area contributed by atoms with Gasteiger partial charge in [0.2, 0.25) is 0 Å². The van der Waals surface area contributed by atoms with Crippen molar-refractivity contribution in [2.75, 3.05) is 19.7 Å². The van der Waals surface area contributed by atoms with Crippen LogP contribution in [0.4, 0.5) is 0 Å². The topological polar surface area (TPSA) is 55.8 Å². The highest BCUT2D eigenvalue weighted by atomic mass is 16.5. The predicted octanol–water partition coefficient (Wildman–Crippen LogP) is 3.22. The second-order valence-electron chi connectivity index (χ2n) is 6.19. The van der Waals surface area contributed by atoms with Gasteiger partial charge in [0.1, 0.15) is 12.4 Å². The van der Waals surface area contributed by atoms with E-state index in [2.05, 4.69) is 0 Å². The zero-order chi connectivity index (χ0) is 18.4. The quantitative estimate of drug-likeness (QED) is 0.717. The number of hydrogen-bond acceptors (Lipinski definition) is 4. The number of hydrogen-bond donors (Lipinski definition) is 0. The molecular formula is C21H23NO4. The lowest BCUT2D eigenvalue weighted by atomic mass is 9.98. The Balaban J connectivity index is 1.61.